The van der Waals surface area contributed by atoms with Crippen LogP contribution >= 0.6 is 11.8 Å². The lowest BCUT2D eigenvalue weighted by Crippen LogP contribution is -2.64. The van der Waals surface area contributed by atoms with Crippen LogP contribution in [0.15, 0.2) is 0 Å². The van der Waals surface area contributed by atoms with Gasteiger partial charge in [-0.2, -0.15) is 31.6 Å². The van der Waals surface area contributed by atoms with Crippen LogP contribution in [0.25, 0.3) is 0 Å². The van der Waals surface area contributed by atoms with Gasteiger partial charge < -0.3 is 4.43 Å². The van der Waals surface area contributed by atoms with E-state index in [4.69, 9.17) is 5.26 Å². The summed E-state index contributed by atoms with van der Waals surface area (Å²) in [6.07, 6.45) is -11.3. The van der Waals surface area contributed by atoms with Gasteiger partial charge in [-0.15, -0.1) is 0 Å². The molecule has 0 saturated carbocycles. The standard InChI is InChI=1S/C8H11F6NOSSi/c1-18(2,3)16-6(4-17-5-15,7(9,10)11)8(12,13)14/h4H2,1-3H3. The monoisotopic (exact) mass is 311 g/mol. The topological polar surface area (TPSA) is 33.0 Å². The lowest BCUT2D eigenvalue weighted by Gasteiger charge is -2.40. The van der Waals surface area contributed by atoms with Crippen molar-refractivity contribution in [2.24, 2.45) is 0 Å². The van der Waals surface area contributed by atoms with Crippen molar-refractivity contribution in [2.75, 3.05) is 5.75 Å². The maximum atomic E-state index is 12.8. The number of thioether (sulfide) groups is 1. The van der Waals surface area contributed by atoms with E-state index in [1.54, 1.807) is 0 Å². The van der Waals surface area contributed by atoms with E-state index in [1.165, 1.54) is 25.0 Å². The first-order chi connectivity index (χ1) is 7.77. The Labute approximate surface area is 105 Å². The molecule has 0 amide bonds. The highest BCUT2D eigenvalue weighted by atomic mass is 32.2. The third-order valence-corrected chi connectivity index (χ3v) is 3.38. The molecule has 18 heavy (non-hydrogen) atoms. The maximum absolute atomic E-state index is 12.8. The van der Waals surface area contributed by atoms with Crippen LogP contribution in [0.1, 0.15) is 0 Å². The molecule has 0 aliphatic rings. The summed E-state index contributed by atoms with van der Waals surface area (Å²) in [6.45, 7) is 3.66. The van der Waals surface area contributed by atoms with E-state index in [0.29, 0.717) is 0 Å². The van der Waals surface area contributed by atoms with E-state index < -0.39 is 32.0 Å². The van der Waals surface area contributed by atoms with Gasteiger partial charge in [0.25, 0.3) is 5.60 Å². The molecule has 0 N–H and O–H groups in total. The Bertz CT molecular complexity index is 314. The van der Waals surface area contributed by atoms with Crippen molar-refractivity contribution in [2.45, 2.75) is 37.6 Å². The first-order valence-corrected chi connectivity index (χ1v) is 9.01. The highest BCUT2D eigenvalue weighted by molar-refractivity contribution is 8.03. The summed E-state index contributed by atoms with van der Waals surface area (Å²) in [5, 5.41) is 9.40. The Balaban J connectivity index is 5.66. The van der Waals surface area contributed by atoms with E-state index in [0.717, 1.165) is 0 Å². The molecule has 0 unspecified atom stereocenters. The Hall–Kier alpha value is -0.403. The normalized spacial score (nSPS) is 14.4. The Morgan fingerprint density at radius 2 is 1.44 bits per heavy atom. The molecule has 0 fully saturated rings. The molecule has 0 spiro atoms. The highest BCUT2D eigenvalue weighted by Gasteiger charge is 2.72. The summed E-state index contributed by atoms with van der Waals surface area (Å²) in [7, 11) is -3.12. The molecule has 0 aromatic heterocycles. The van der Waals surface area contributed by atoms with Crippen molar-refractivity contribution in [3.05, 3.63) is 0 Å². The molecule has 106 valence electrons. The molecule has 0 atom stereocenters. The molecule has 0 aromatic rings. The molecule has 0 saturated heterocycles. The Morgan fingerprint density at radius 3 is 1.67 bits per heavy atom. The van der Waals surface area contributed by atoms with E-state index in [1.807, 2.05) is 0 Å². The fourth-order valence-corrected chi connectivity index (χ4v) is 3.23. The second-order valence-electron chi connectivity index (χ2n) is 4.42. The van der Waals surface area contributed by atoms with Crippen LogP contribution in [0.3, 0.4) is 0 Å². The van der Waals surface area contributed by atoms with E-state index >= 15 is 0 Å². The van der Waals surface area contributed by atoms with Gasteiger partial charge in [0.1, 0.15) is 5.40 Å². The number of halogens is 6. The molecule has 10 heteroatoms. The predicted molar refractivity (Wildman–Crippen MR) is 57.3 cm³/mol. The SMILES string of the molecule is C[Si](C)(C)OC(CSC#N)(C(F)(F)F)C(F)(F)F. The third kappa shape index (κ3) is 4.06. The summed E-state index contributed by atoms with van der Waals surface area (Å²) in [5.74, 6) is -1.53. The second-order valence-corrected chi connectivity index (χ2v) is 9.61. The van der Waals surface area contributed by atoms with Crippen molar-refractivity contribution >= 4 is 20.1 Å². The molecule has 0 bridgehead atoms. The number of nitrogens with zero attached hydrogens (tertiary/aromatic N) is 1. The molecular weight excluding hydrogens is 300 g/mol. The molecule has 0 aliphatic carbocycles. The minimum Gasteiger partial charge on any atom is -0.396 e. The largest absolute Gasteiger partial charge is 0.426 e. The molecule has 0 radical (unpaired) electrons. The van der Waals surface area contributed by atoms with Gasteiger partial charge in [-0.1, -0.05) is 0 Å². The van der Waals surface area contributed by atoms with Gasteiger partial charge in [0.2, 0.25) is 0 Å². The number of nitriles is 1. The second kappa shape index (κ2) is 5.30. The van der Waals surface area contributed by atoms with Crippen LogP contribution in [0.2, 0.25) is 19.6 Å². The zero-order chi connectivity index (χ0) is 14.8. The van der Waals surface area contributed by atoms with Gasteiger partial charge in [0.15, 0.2) is 8.32 Å². The minimum atomic E-state index is -5.63. The third-order valence-electron chi connectivity index (χ3n) is 1.74. The van der Waals surface area contributed by atoms with Crippen LogP contribution in [-0.4, -0.2) is 32.0 Å². The van der Waals surface area contributed by atoms with Gasteiger partial charge in [0, 0.05) is 0 Å². The van der Waals surface area contributed by atoms with Crippen molar-refractivity contribution in [3.8, 4) is 5.40 Å². The number of alkyl halides is 6. The lowest BCUT2D eigenvalue weighted by atomic mass is 10.1. The Kier molecular flexibility index (Phi) is 5.18. The summed E-state index contributed by atoms with van der Waals surface area (Å²) in [4.78, 5) is 0. The fourth-order valence-electron chi connectivity index (χ4n) is 1.13. The summed E-state index contributed by atoms with van der Waals surface area (Å²) < 4.78 is 81.0. The predicted octanol–water partition coefficient (Wildman–Crippen LogP) is 3.92. The molecular formula is C8H11F6NOSSi. The first-order valence-electron chi connectivity index (χ1n) is 4.61. The van der Waals surface area contributed by atoms with Gasteiger partial charge >= 0.3 is 12.4 Å². The number of hydrogen-bond acceptors (Lipinski definition) is 3. The van der Waals surface area contributed by atoms with E-state index in [9.17, 15) is 26.3 Å². The lowest BCUT2D eigenvalue weighted by molar-refractivity contribution is -0.351. The molecule has 2 nitrogen and oxygen atoms in total. The number of rotatable bonds is 4. The zero-order valence-electron chi connectivity index (χ0n) is 9.74. The zero-order valence-corrected chi connectivity index (χ0v) is 11.6. The van der Waals surface area contributed by atoms with Crippen LogP contribution in [-0.2, 0) is 4.43 Å². The van der Waals surface area contributed by atoms with Crippen LogP contribution in [0.5, 0.6) is 0 Å². The summed E-state index contributed by atoms with van der Waals surface area (Å²) >= 11 is -0.128. The number of thiocyanates is 1. The summed E-state index contributed by atoms with van der Waals surface area (Å²) in [6, 6.07) is 0. The quantitative estimate of drug-likeness (QED) is 0.448. The Morgan fingerprint density at radius 1 is 1.06 bits per heavy atom. The maximum Gasteiger partial charge on any atom is 0.426 e. The summed E-state index contributed by atoms with van der Waals surface area (Å²) in [5.41, 5.74) is -4.29. The average Bonchev–Trinajstić information content (AvgIpc) is 2.06. The van der Waals surface area contributed by atoms with Gasteiger partial charge in [-0.25, -0.2) is 0 Å². The van der Waals surface area contributed by atoms with E-state index in [2.05, 4.69) is 4.43 Å². The van der Waals surface area contributed by atoms with Gasteiger partial charge in [0.05, 0.1) is 5.75 Å². The van der Waals surface area contributed by atoms with Crippen molar-refractivity contribution in [1.82, 2.24) is 0 Å². The van der Waals surface area contributed by atoms with Crippen LogP contribution in [0, 0.1) is 10.7 Å². The molecule has 0 aliphatic heterocycles. The van der Waals surface area contributed by atoms with Crippen LogP contribution in [0.4, 0.5) is 26.3 Å². The van der Waals surface area contributed by atoms with Crippen molar-refractivity contribution < 1.29 is 30.8 Å². The van der Waals surface area contributed by atoms with Gasteiger partial charge in [-0.05, 0) is 31.4 Å². The molecule has 0 heterocycles. The smallest absolute Gasteiger partial charge is 0.396 e. The highest BCUT2D eigenvalue weighted by Crippen LogP contribution is 2.48. The van der Waals surface area contributed by atoms with Crippen molar-refractivity contribution in [1.29, 1.82) is 5.26 Å². The van der Waals surface area contributed by atoms with Crippen LogP contribution < -0.4 is 0 Å². The first kappa shape index (κ1) is 17.6. The minimum absolute atomic E-state index is 0.128. The fraction of sp³-hybridized carbons (Fsp3) is 0.875. The molecule has 0 rings (SSSR count). The van der Waals surface area contributed by atoms with E-state index in [-0.39, 0.29) is 11.8 Å². The number of hydrogen-bond donors (Lipinski definition) is 0. The average molecular weight is 311 g/mol. The molecule has 0 aromatic carbocycles. The van der Waals surface area contributed by atoms with Gasteiger partial charge in [-0.3, -0.25) is 0 Å². The van der Waals surface area contributed by atoms with Crippen molar-refractivity contribution in [3.63, 3.8) is 0 Å².